The number of carbonyl (C=O) groups is 2. The standard InChI is InChI=1S/C20H20N4O2S2/c1-2-13-5-7-15(8-6-13)24-12-14(10-18(24)26)19-22-23-20(28-19)21-17(25)11-16-4-3-9-27-16/h3-9,14H,2,10-12H2,1H3,(H,21,23,25)/t14-/m1/s1. The first kappa shape index (κ1) is 18.8. The number of hydrogen-bond donors (Lipinski definition) is 1. The lowest BCUT2D eigenvalue weighted by Crippen LogP contribution is -2.24. The Morgan fingerprint density at radius 3 is 2.79 bits per heavy atom. The molecule has 8 heteroatoms. The molecule has 2 aromatic heterocycles. The lowest BCUT2D eigenvalue weighted by Gasteiger charge is -2.16. The number of aryl methyl sites for hydroxylation is 1. The van der Waals surface area contributed by atoms with E-state index in [1.165, 1.54) is 16.9 Å². The summed E-state index contributed by atoms with van der Waals surface area (Å²) in [5.41, 5.74) is 2.16. The topological polar surface area (TPSA) is 75.2 Å². The van der Waals surface area contributed by atoms with E-state index in [2.05, 4.69) is 34.6 Å². The summed E-state index contributed by atoms with van der Waals surface area (Å²) in [6, 6.07) is 12.0. The monoisotopic (exact) mass is 412 g/mol. The van der Waals surface area contributed by atoms with Crippen LogP contribution in [0.1, 0.15) is 34.7 Å². The maximum absolute atomic E-state index is 12.5. The van der Waals surface area contributed by atoms with E-state index < -0.39 is 0 Å². The molecule has 6 nitrogen and oxygen atoms in total. The van der Waals surface area contributed by atoms with E-state index in [1.54, 1.807) is 16.2 Å². The fraction of sp³-hybridized carbons (Fsp3) is 0.300. The van der Waals surface area contributed by atoms with E-state index in [9.17, 15) is 9.59 Å². The Morgan fingerprint density at radius 2 is 2.07 bits per heavy atom. The normalized spacial score (nSPS) is 16.5. The molecule has 4 rings (SSSR count). The molecule has 0 aliphatic carbocycles. The Hall–Kier alpha value is -2.58. The van der Waals surface area contributed by atoms with E-state index >= 15 is 0 Å². The Kier molecular flexibility index (Phi) is 5.50. The SMILES string of the molecule is CCc1ccc(N2C[C@H](c3nnc(NC(=O)Cc4cccs4)s3)CC2=O)cc1. The summed E-state index contributed by atoms with van der Waals surface area (Å²) in [5, 5.41) is 14.3. The lowest BCUT2D eigenvalue weighted by atomic mass is 10.1. The van der Waals surface area contributed by atoms with Gasteiger partial charge in [-0.3, -0.25) is 9.59 Å². The first-order valence-electron chi connectivity index (χ1n) is 9.17. The van der Waals surface area contributed by atoms with Gasteiger partial charge in [-0.25, -0.2) is 0 Å². The van der Waals surface area contributed by atoms with Crippen molar-refractivity contribution in [1.82, 2.24) is 10.2 Å². The van der Waals surface area contributed by atoms with E-state index in [-0.39, 0.29) is 17.7 Å². The van der Waals surface area contributed by atoms with Crippen LogP contribution in [0.2, 0.25) is 0 Å². The van der Waals surface area contributed by atoms with Gasteiger partial charge >= 0.3 is 0 Å². The second-order valence-corrected chi connectivity index (χ2v) is 8.72. The van der Waals surface area contributed by atoms with Crippen LogP contribution in [0.4, 0.5) is 10.8 Å². The molecule has 1 aromatic carbocycles. The van der Waals surface area contributed by atoms with Gasteiger partial charge in [0.15, 0.2) is 0 Å². The predicted molar refractivity (Wildman–Crippen MR) is 112 cm³/mol. The van der Waals surface area contributed by atoms with Crippen molar-refractivity contribution in [3.63, 3.8) is 0 Å². The second-order valence-electron chi connectivity index (χ2n) is 6.68. The fourth-order valence-electron chi connectivity index (χ4n) is 3.22. The zero-order chi connectivity index (χ0) is 19.5. The molecule has 0 radical (unpaired) electrons. The molecule has 144 valence electrons. The summed E-state index contributed by atoms with van der Waals surface area (Å²) in [6.07, 6.45) is 1.71. The smallest absolute Gasteiger partial charge is 0.231 e. The predicted octanol–water partition coefficient (Wildman–Crippen LogP) is 3.86. The molecule has 1 atom stereocenters. The average molecular weight is 413 g/mol. The zero-order valence-corrected chi connectivity index (χ0v) is 17.1. The molecule has 3 heterocycles. The van der Waals surface area contributed by atoms with Crippen LogP contribution in [0.5, 0.6) is 0 Å². The van der Waals surface area contributed by atoms with Crippen molar-refractivity contribution >= 4 is 45.3 Å². The molecule has 1 aliphatic rings. The van der Waals surface area contributed by atoms with Crippen molar-refractivity contribution in [2.45, 2.75) is 32.1 Å². The van der Waals surface area contributed by atoms with Gasteiger partial charge in [0, 0.05) is 29.4 Å². The van der Waals surface area contributed by atoms with Gasteiger partial charge in [-0.2, -0.15) is 0 Å². The molecule has 0 spiro atoms. The molecule has 0 saturated carbocycles. The van der Waals surface area contributed by atoms with Crippen LogP contribution in [0, 0.1) is 0 Å². The van der Waals surface area contributed by atoms with Gasteiger partial charge < -0.3 is 10.2 Å². The summed E-state index contributed by atoms with van der Waals surface area (Å²) >= 11 is 2.90. The Bertz CT molecular complexity index is 967. The molecule has 0 unspecified atom stereocenters. The van der Waals surface area contributed by atoms with Crippen molar-refractivity contribution in [2.75, 3.05) is 16.8 Å². The van der Waals surface area contributed by atoms with Crippen LogP contribution in [-0.4, -0.2) is 28.6 Å². The van der Waals surface area contributed by atoms with Gasteiger partial charge in [0.2, 0.25) is 16.9 Å². The van der Waals surface area contributed by atoms with Crippen molar-refractivity contribution in [3.8, 4) is 0 Å². The Balaban J connectivity index is 1.39. The molecular weight excluding hydrogens is 392 g/mol. The zero-order valence-electron chi connectivity index (χ0n) is 15.4. The second kappa shape index (κ2) is 8.20. The molecule has 3 aromatic rings. The summed E-state index contributed by atoms with van der Waals surface area (Å²) in [7, 11) is 0. The van der Waals surface area contributed by atoms with Crippen LogP contribution < -0.4 is 10.2 Å². The quantitative estimate of drug-likeness (QED) is 0.667. The minimum atomic E-state index is -0.106. The third-order valence-corrected chi connectivity index (χ3v) is 6.61. The maximum atomic E-state index is 12.5. The minimum absolute atomic E-state index is 0.00111. The van der Waals surface area contributed by atoms with Gasteiger partial charge in [0.25, 0.3) is 0 Å². The van der Waals surface area contributed by atoms with Crippen molar-refractivity contribution in [3.05, 3.63) is 57.2 Å². The van der Waals surface area contributed by atoms with E-state index in [1.807, 2.05) is 29.6 Å². The Labute approximate surface area is 171 Å². The first-order chi connectivity index (χ1) is 13.6. The van der Waals surface area contributed by atoms with Gasteiger partial charge in [-0.1, -0.05) is 36.5 Å². The number of nitrogens with zero attached hydrogens (tertiary/aromatic N) is 3. The highest BCUT2D eigenvalue weighted by Crippen LogP contribution is 2.34. The number of aromatic nitrogens is 2. The summed E-state index contributed by atoms with van der Waals surface area (Å²) in [6.45, 7) is 2.69. The number of benzene rings is 1. The highest BCUT2D eigenvalue weighted by Gasteiger charge is 2.34. The fourth-order valence-corrected chi connectivity index (χ4v) is 4.77. The van der Waals surface area contributed by atoms with E-state index in [0.717, 1.165) is 22.0 Å². The van der Waals surface area contributed by atoms with Gasteiger partial charge in [-0.05, 0) is 35.6 Å². The van der Waals surface area contributed by atoms with Gasteiger partial charge in [-0.15, -0.1) is 21.5 Å². The summed E-state index contributed by atoms with van der Waals surface area (Å²) in [4.78, 5) is 27.4. The van der Waals surface area contributed by atoms with Crippen LogP contribution in [0.3, 0.4) is 0 Å². The molecule has 0 bridgehead atoms. The number of carbonyl (C=O) groups excluding carboxylic acids is 2. The highest BCUT2D eigenvalue weighted by molar-refractivity contribution is 7.15. The summed E-state index contributed by atoms with van der Waals surface area (Å²) in [5.74, 6) is -0.0168. The minimum Gasteiger partial charge on any atom is -0.312 e. The third-order valence-electron chi connectivity index (χ3n) is 4.73. The average Bonchev–Trinajstić information content (AvgIpc) is 3.43. The van der Waals surface area contributed by atoms with Crippen molar-refractivity contribution in [2.24, 2.45) is 0 Å². The van der Waals surface area contributed by atoms with Crippen LogP contribution in [0.25, 0.3) is 0 Å². The maximum Gasteiger partial charge on any atom is 0.231 e. The van der Waals surface area contributed by atoms with Crippen LogP contribution >= 0.6 is 22.7 Å². The van der Waals surface area contributed by atoms with Crippen molar-refractivity contribution in [1.29, 1.82) is 0 Å². The third kappa shape index (κ3) is 4.13. The van der Waals surface area contributed by atoms with Gasteiger partial charge in [0.1, 0.15) is 5.01 Å². The number of thiophene rings is 1. The van der Waals surface area contributed by atoms with Crippen LogP contribution in [-0.2, 0) is 22.4 Å². The largest absolute Gasteiger partial charge is 0.312 e. The van der Waals surface area contributed by atoms with Crippen molar-refractivity contribution < 1.29 is 9.59 Å². The number of anilines is 2. The van der Waals surface area contributed by atoms with Gasteiger partial charge in [0.05, 0.1) is 6.42 Å². The molecule has 1 saturated heterocycles. The molecular formula is C20H20N4O2S2. The number of rotatable bonds is 6. The lowest BCUT2D eigenvalue weighted by molar-refractivity contribution is -0.117. The molecule has 1 fully saturated rings. The van der Waals surface area contributed by atoms with E-state index in [0.29, 0.717) is 24.5 Å². The Morgan fingerprint density at radius 1 is 1.25 bits per heavy atom. The molecule has 1 N–H and O–H groups in total. The molecule has 28 heavy (non-hydrogen) atoms. The van der Waals surface area contributed by atoms with E-state index in [4.69, 9.17) is 0 Å². The van der Waals surface area contributed by atoms with Crippen LogP contribution in [0.15, 0.2) is 41.8 Å². The first-order valence-corrected chi connectivity index (χ1v) is 10.9. The number of nitrogens with one attached hydrogen (secondary N) is 1. The summed E-state index contributed by atoms with van der Waals surface area (Å²) < 4.78 is 0. The molecule has 2 amide bonds. The number of hydrogen-bond acceptors (Lipinski definition) is 6. The number of amides is 2. The molecule has 1 aliphatic heterocycles. The highest BCUT2D eigenvalue weighted by atomic mass is 32.1.